The van der Waals surface area contributed by atoms with Crippen molar-refractivity contribution < 1.29 is 9.47 Å². The quantitative estimate of drug-likeness (QED) is 0.824. The van der Waals surface area contributed by atoms with E-state index in [0.717, 1.165) is 32.4 Å². The molecule has 2 rings (SSSR count). The second-order valence-corrected chi connectivity index (χ2v) is 6.44. The predicted octanol–water partition coefficient (Wildman–Crippen LogP) is 3.78. The van der Waals surface area contributed by atoms with E-state index < -0.39 is 0 Å². The van der Waals surface area contributed by atoms with Gasteiger partial charge in [0, 0.05) is 18.0 Å². The van der Waals surface area contributed by atoms with E-state index in [-0.39, 0.29) is 11.6 Å². The number of ether oxygens (including phenoxy) is 2. The van der Waals surface area contributed by atoms with Gasteiger partial charge in [-0.15, -0.1) is 0 Å². The van der Waals surface area contributed by atoms with Gasteiger partial charge in [0.15, 0.2) is 0 Å². The summed E-state index contributed by atoms with van der Waals surface area (Å²) in [5.41, 5.74) is 6.95. The van der Waals surface area contributed by atoms with Crippen molar-refractivity contribution in [2.45, 2.75) is 31.9 Å². The van der Waals surface area contributed by atoms with Gasteiger partial charge in [0.2, 0.25) is 0 Å². The van der Waals surface area contributed by atoms with E-state index in [2.05, 4.69) is 31.9 Å². The average Bonchev–Trinajstić information content (AvgIpc) is 2.21. The zero-order valence-corrected chi connectivity index (χ0v) is 13.2. The van der Waals surface area contributed by atoms with Crippen molar-refractivity contribution in [3.63, 3.8) is 0 Å². The number of hydrogen-bond acceptors (Lipinski definition) is 3. The Morgan fingerprint density at radius 1 is 1.47 bits per heavy atom. The third-order valence-electron chi connectivity index (χ3n) is 2.85. The van der Waals surface area contributed by atoms with Gasteiger partial charge in [-0.3, -0.25) is 0 Å². The largest absolute Gasteiger partial charge is 0.496 e. The van der Waals surface area contributed by atoms with Crippen molar-refractivity contribution in [2.24, 2.45) is 5.73 Å². The number of fused-ring (bicyclic) bond motifs is 1. The molecular formula is C12H15Br2NO2. The van der Waals surface area contributed by atoms with Crippen LogP contribution in [0.2, 0.25) is 0 Å². The van der Waals surface area contributed by atoms with Crippen molar-refractivity contribution in [3.05, 3.63) is 20.6 Å². The Kier molecular flexibility index (Phi) is 3.45. The standard InChI is InChI=1S/C12H15Br2NO2/c1-12(2)5-7(15)9-10(14)8(16-3)4-6(13)11(9)17-12/h4,7H,5,15H2,1-3H3. The summed E-state index contributed by atoms with van der Waals surface area (Å²) < 4.78 is 13.0. The van der Waals surface area contributed by atoms with Crippen molar-refractivity contribution in [1.29, 1.82) is 0 Å². The first-order chi connectivity index (χ1) is 7.85. The number of hydrogen-bond donors (Lipinski definition) is 1. The highest BCUT2D eigenvalue weighted by atomic mass is 79.9. The first-order valence-electron chi connectivity index (χ1n) is 5.36. The summed E-state index contributed by atoms with van der Waals surface area (Å²) in [6, 6.07) is 1.83. The Labute approximate surface area is 118 Å². The summed E-state index contributed by atoms with van der Waals surface area (Å²) in [4.78, 5) is 0. The minimum Gasteiger partial charge on any atom is -0.496 e. The number of rotatable bonds is 1. The van der Waals surface area contributed by atoms with E-state index in [0.29, 0.717) is 0 Å². The number of methoxy groups -OCH3 is 1. The molecule has 1 heterocycles. The topological polar surface area (TPSA) is 44.5 Å². The van der Waals surface area contributed by atoms with E-state index in [9.17, 15) is 0 Å². The third kappa shape index (κ3) is 2.33. The lowest BCUT2D eigenvalue weighted by Crippen LogP contribution is -2.37. The van der Waals surface area contributed by atoms with E-state index in [4.69, 9.17) is 15.2 Å². The fourth-order valence-corrected chi connectivity index (χ4v) is 3.39. The summed E-state index contributed by atoms with van der Waals surface area (Å²) in [5.74, 6) is 1.57. The number of halogens is 2. The summed E-state index contributed by atoms with van der Waals surface area (Å²) in [7, 11) is 1.64. The molecule has 94 valence electrons. The van der Waals surface area contributed by atoms with Crippen LogP contribution in [-0.2, 0) is 0 Å². The molecule has 1 aliphatic rings. The first-order valence-corrected chi connectivity index (χ1v) is 6.95. The molecule has 0 bridgehead atoms. The Morgan fingerprint density at radius 2 is 2.12 bits per heavy atom. The lowest BCUT2D eigenvalue weighted by Gasteiger charge is -2.37. The maximum Gasteiger partial charge on any atom is 0.140 e. The van der Waals surface area contributed by atoms with Gasteiger partial charge in [-0.2, -0.15) is 0 Å². The monoisotopic (exact) mass is 363 g/mol. The minimum absolute atomic E-state index is 0.0606. The van der Waals surface area contributed by atoms with Crippen LogP contribution in [0.15, 0.2) is 15.0 Å². The smallest absolute Gasteiger partial charge is 0.140 e. The second-order valence-electron chi connectivity index (χ2n) is 4.79. The van der Waals surface area contributed by atoms with E-state index in [1.54, 1.807) is 7.11 Å². The SMILES string of the molecule is COc1cc(Br)c2c(c1Br)C(N)CC(C)(C)O2. The Balaban J connectivity index is 2.63. The van der Waals surface area contributed by atoms with Crippen molar-refractivity contribution >= 4 is 31.9 Å². The van der Waals surface area contributed by atoms with Crippen LogP contribution >= 0.6 is 31.9 Å². The molecule has 2 N–H and O–H groups in total. The van der Waals surface area contributed by atoms with Crippen molar-refractivity contribution in [1.82, 2.24) is 0 Å². The van der Waals surface area contributed by atoms with Gasteiger partial charge in [-0.1, -0.05) is 0 Å². The van der Waals surface area contributed by atoms with Gasteiger partial charge in [-0.25, -0.2) is 0 Å². The lowest BCUT2D eigenvalue weighted by molar-refractivity contribution is 0.0713. The van der Waals surface area contributed by atoms with Crippen LogP contribution in [0, 0.1) is 0 Å². The molecule has 1 aliphatic heterocycles. The summed E-state index contributed by atoms with van der Waals surface area (Å²) in [6.45, 7) is 4.08. The fraction of sp³-hybridized carbons (Fsp3) is 0.500. The molecule has 1 aromatic carbocycles. The van der Waals surface area contributed by atoms with E-state index in [1.165, 1.54) is 0 Å². The maximum absolute atomic E-state index is 6.23. The third-order valence-corrected chi connectivity index (χ3v) is 4.26. The molecule has 1 unspecified atom stereocenters. The Morgan fingerprint density at radius 3 is 2.71 bits per heavy atom. The van der Waals surface area contributed by atoms with Gasteiger partial charge in [-0.05, 0) is 51.8 Å². The van der Waals surface area contributed by atoms with Gasteiger partial charge in [0.1, 0.15) is 17.1 Å². The molecule has 1 atom stereocenters. The highest BCUT2D eigenvalue weighted by Crippen LogP contribution is 2.49. The molecular weight excluding hydrogens is 350 g/mol. The molecule has 0 saturated heterocycles. The van der Waals surface area contributed by atoms with Crippen molar-refractivity contribution in [3.8, 4) is 11.5 Å². The maximum atomic E-state index is 6.23. The normalized spacial score (nSPS) is 21.6. The predicted molar refractivity (Wildman–Crippen MR) is 74.6 cm³/mol. The van der Waals surface area contributed by atoms with Crippen LogP contribution in [0.1, 0.15) is 31.9 Å². The van der Waals surface area contributed by atoms with Crippen LogP contribution < -0.4 is 15.2 Å². The number of benzene rings is 1. The van der Waals surface area contributed by atoms with Gasteiger partial charge >= 0.3 is 0 Å². The van der Waals surface area contributed by atoms with Crippen LogP contribution in [0.4, 0.5) is 0 Å². The molecule has 5 heteroatoms. The van der Waals surface area contributed by atoms with Crippen LogP contribution in [-0.4, -0.2) is 12.7 Å². The molecule has 0 fully saturated rings. The van der Waals surface area contributed by atoms with E-state index >= 15 is 0 Å². The molecule has 0 spiro atoms. The molecule has 1 aromatic rings. The molecule has 3 nitrogen and oxygen atoms in total. The molecule has 0 aromatic heterocycles. The van der Waals surface area contributed by atoms with Crippen LogP contribution in [0.3, 0.4) is 0 Å². The molecule has 0 radical (unpaired) electrons. The Bertz CT molecular complexity index is 460. The first kappa shape index (κ1) is 13.2. The second kappa shape index (κ2) is 4.44. The van der Waals surface area contributed by atoms with E-state index in [1.807, 2.05) is 19.9 Å². The number of nitrogens with two attached hydrogens (primary N) is 1. The van der Waals surface area contributed by atoms with Gasteiger partial charge in [0.25, 0.3) is 0 Å². The molecule has 0 amide bonds. The fourth-order valence-electron chi connectivity index (χ4n) is 2.14. The zero-order valence-electron chi connectivity index (χ0n) is 10.0. The lowest BCUT2D eigenvalue weighted by atomic mass is 9.90. The highest BCUT2D eigenvalue weighted by Gasteiger charge is 2.35. The zero-order chi connectivity index (χ0) is 12.8. The van der Waals surface area contributed by atoms with Gasteiger partial charge < -0.3 is 15.2 Å². The van der Waals surface area contributed by atoms with Gasteiger partial charge in [0.05, 0.1) is 16.1 Å². The summed E-state index contributed by atoms with van der Waals surface area (Å²) in [5, 5.41) is 0. The van der Waals surface area contributed by atoms with Crippen LogP contribution in [0.25, 0.3) is 0 Å². The average molecular weight is 365 g/mol. The Hall–Kier alpha value is -0.260. The highest BCUT2D eigenvalue weighted by molar-refractivity contribution is 9.11. The summed E-state index contributed by atoms with van der Waals surface area (Å²) >= 11 is 7.04. The molecule has 17 heavy (non-hydrogen) atoms. The minimum atomic E-state index is -0.247. The summed E-state index contributed by atoms with van der Waals surface area (Å²) in [6.07, 6.45) is 0.776. The molecule has 0 aliphatic carbocycles. The van der Waals surface area contributed by atoms with Crippen LogP contribution in [0.5, 0.6) is 11.5 Å². The van der Waals surface area contributed by atoms with Crippen molar-refractivity contribution in [2.75, 3.05) is 7.11 Å². The molecule has 0 saturated carbocycles.